The Labute approximate surface area is 105 Å². The SMILES string of the molecule is OC12CCCCC1CN(C1CCCNC1)CC2. The summed E-state index contributed by atoms with van der Waals surface area (Å²) < 4.78 is 0. The van der Waals surface area contributed by atoms with Gasteiger partial charge in [0.05, 0.1) is 5.60 Å². The number of aliphatic hydroxyl groups is 1. The monoisotopic (exact) mass is 238 g/mol. The molecule has 1 aliphatic carbocycles. The largest absolute Gasteiger partial charge is 0.390 e. The highest BCUT2D eigenvalue weighted by Gasteiger charge is 2.43. The van der Waals surface area contributed by atoms with Gasteiger partial charge in [0, 0.05) is 31.6 Å². The van der Waals surface area contributed by atoms with Gasteiger partial charge in [0.25, 0.3) is 0 Å². The van der Waals surface area contributed by atoms with E-state index in [4.69, 9.17) is 0 Å². The van der Waals surface area contributed by atoms with E-state index in [1.807, 2.05) is 0 Å². The van der Waals surface area contributed by atoms with Crippen molar-refractivity contribution in [3.05, 3.63) is 0 Å². The molecule has 1 saturated carbocycles. The Hall–Kier alpha value is -0.120. The van der Waals surface area contributed by atoms with Gasteiger partial charge in [-0.25, -0.2) is 0 Å². The molecule has 0 spiro atoms. The summed E-state index contributed by atoms with van der Waals surface area (Å²) in [4.78, 5) is 2.65. The highest BCUT2D eigenvalue weighted by atomic mass is 16.3. The van der Waals surface area contributed by atoms with Crippen LogP contribution >= 0.6 is 0 Å². The fourth-order valence-electron chi connectivity index (χ4n) is 4.07. The van der Waals surface area contributed by atoms with E-state index >= 15 is 0 Å². The lowest BCUT2D eigenvalue weighted by molar-refractivity contribution is -0.103. The zero-order chi connectivity index (χ0) is 11.7. The Morgan fingerprint density at radius 1 is 1.12 bits per heavy atom. The molecule has 3 unspecified atom stereocenters. The summed E-state index contributed by atoms with van der Waals surface area (Å²) in [6.45, 7) is 4.60. The molecule has 3 atom stereocenters. The maximum absolute atomic E-state index is 10.7. The maximum atomic E-state index is 10.7. The van der Waals surface area contributed by atoms with E-state index in [9.17, 15) is 5.11 Å². The maximum Gasteiger partial charge on any atom is 0.0700 e. The standard InChI is InChI=1S/C14H26N2O/c17-14-6-2-1-4-12(14)11-16(9-7-14)13-5-3-8-15-10-13/h12-13,15,17H,1-11H2. The van der Waals surface area contributed by atoms with Gasteiger partial charge in [-0.2, -0.15) is 0 Å². The average Bonchev–Trinajstić information content (AvgIpc) is 2.39. The number of nitrogens with one attached hydrogen (secondary N) is 1. The number of hydrogen-bond acceptors (Lipinski definition) is 3. The van der Waals surface area contributed by atoms with Crippen molar-refractivity contribution < 1.29 is 5.11 Å². The van der Waals surface area contributed by atoms with E-state index in [0.717, 1.165) is 38.5 Å². The number of hydrogen-bond donors (Lipinski definition) is 2. The molecule has 3 rings (SSSR count). The lowest BCUT2D eigenvalue weighted by Gasteiger charge is -2.50. The number of likely N-dealkylation sites (tertiary alicyclic amines) is 1. The van der Waals surface area contributed by atoms with Crippen LogP contribution in [-0.2, 0) is 0 Å². The summed E-state index contributed by atoms with van der Waals surface area (Å²) in [6, 6.07) is 0.732. The molecule has 0 aromatic heterocycles. The first kappa shape index (κ1) is 11.9. The molecule has 0 radical (unpaired) electrons. The lowest BCUT2D eigenvalue weighted by atomic mass is 9.71. The molecule has 2 N–H and O–H groups in total. The third-order valence-corrected chi connectivity index (χ3v) is 5.25. The van der Waals surface area contributed by atoms with Crippen LogP contribution < -0.4 is 5.32 Å². The molecule has 0 aromatic carbocycles. The summed E-state index contributed by atoms with van der Waals surface area (Å²) >= 11 is 0. The molecule has 2 aliphatic heterocycles. The molecule has 98 valence electrons. The Balaban J connectivity index is 1.62. The molecule has 0 aromatic rings. The summed E-state index contributed by atoms with van der Waals surface area (Å²) in [5.74, 6) is 0.548. The Bertz CT molecular complexity index is 265. The molecule has 0 amide bonds. The fraction of sp³-hybridized carbons (Fsp3) is 1.00. The first-order chi connectivity index (χ1) is 8.28. The van der Waals surface area contributed by atoms with Crippen LogP contribution in [0.1, 0.15) is 44.9 Å². The van der Waals surface area contributed by atoms with Crippen molar-refractivity contribution in [2.45, 2.75) is 56.6 Å². The van der Waals surface area contributed by atoms with Gasteiger partial charge >= 0.3 is 0 Å². The van der Waals surface area contributed by atoms with Crippen LogP contribution in [0.3, 0.4) is 0 Å². The highest BCUT2D eigenvalue weighted by molar-refractivity contribution is 4.97. The second-order valence-electron chi connectivity index (χ2n) is 6.29. The topological polar surface area (TPSA) is 35.5 Å². The van der Waals surface area contributed by atoms with Gasteiger partial charge in [-0.15, -0.1) is 0 Å². The van der Waals surface area contributed by atoms with Gasteiger partial charge in [0.2, 0.25) is 0 Å². The van der Waals surface area contributed by atoms with Crippen molar-refractivity contribution in [3.8, 4) is 0 Å². The summed E-state index contributed by atoms with van der Waals surface area (Å²) in [5.41, 5.74) is -0.309. The Morgan fingerprint density at radius 2 is 2.06 bits per heavy atom. The van der Waals surface area contributed by atoms with Crippen molar-refractivity contribution in [1.29, 1.82) is 0 Å². The number of fused-ring (bicyclic) bond motifs is 1. The van der Waals surface area contributed by atoms with Crippen molar-refractivity contribution >= 4 is 0 Å². The molecular weight excluding hydrogens is 212 g/mol. The quantitative estimate of drug-likeness (QED) is 0.724. The summed E-state index contributed by atoms with van der Waals surface area (Å²) in [6.07, 6.45) is 8.52. The summed E-state index contributed by atoms with van der Waals surface area (Å²) in [7, 11) is 0. The third-order valence-electron chi connectivity index (χ3n) is 5.25. The molecular formula is C14H26N2O. The number of piperidine rings is 2. The smallest absolute Gasteiger partial charge is 0.0700 e. The van der Waals surface area contributed by atoms with Crippen LogP contribution in [0.25, 0.3) is 0 Å². The van der Waals surface area contributed by atoms with Gasteiger partial charge in [0.15, 0.2) is 0 Å². The van der Waals surface area contributed by atoms with Crippen molar-refractivity contribution in [3.63, 3.8) is 0 Å². The van der Waals surface area contributed by atoms with Gasteiger partial charge in [-0.3, -0.25) is 4.90 Å². The highest BCUT2D eigenvalue weighted by Crippen LogP contribution is 2.40. The van der Waals surface area contributed by atoms with Crippen LogP contribution in [0, 0.1) is 5.92 Å². The zero-order valence-electron chi connectivity index (χ0n) is 10.8. The Kier molecular flexibility index (Phi) is 3.42. The van der Waals surface area contributed by atoms with Crippen LogP contribution in [0.4, 0.5) is 0 Å². The summed E-state index contributed by atoms with van der Waals surface area (Å²) in [5, 5.41) is 14.2. The molecule has 2 saturated heterocycles. The lowest BCUT2D eigenvalue weighted by Crippen LogP contribution is -2.57. The van der Waals surface area contributed by atoms with Crippen molar-refractivity contribution in [2.75, 3.05) is 26.2 Å². The number of nitrogens with zero attached hydrogens (tertiary/aromatic N) is 1. The van der Waals surface area contributed by atoms with Crippen LogP contribution in [0.15, 0.2) is 0 Å². The zero-order valence-corrected chi connectivity index (χ0v) is 10.8. The molecule has 3 aliphatic rings. The number of rotatable bonds is 1. The van der Waals surface area contributed by atoms with E-state index in [2.05, 4.69) is 10.2 Å². The van der Waals surface area contributed by atoms with E-state index in [0.29, 0.717) is 5.92 Å². The third kappa shape index (κ3) is 2.38. The minimum absolute atomic E-state index is 0.309. The molecule has 0 bridgehead atoms. The molecule has 2 heterocycles. The van der Waals surface area contributed by atoms with Gasteiger partial charge in [-0.1, -0.05) is 12.8 Å². The van der Waals surface area contributed by atoms with E-state index in [1.165, 1.54) is 38.6 Å². The second kappa shape index (κ2) is 4.87. The second-order valence-corrected chi connectivity index (χ2v) is 6.29. The molecule has 3 nitrogen and oxygen atoms in total. The predicted octanol–water partition coefficient (Wildman–Crippen LogP) is 1.37. The normalized spacial score (nSPS) is 44.3. The van der Waals surface area contributed by atoms with E-state index in [-0.39, 0.29) is 5.60 Å². The molecule has 3 fully saturated rings. The van der Waals surface area contributed by atoms with Crippen molar-refractivity contribution in [2.24, 2.45) is 5.92 Å². The fourth-order valence-corrected chi connectivity index (χ4v) is 4.07. The molecule has 17 heavy (non-hydrogen) atoms. The van der Waals surface area contributed by atoms with Crippen molar-refractivity contribution in [1.82, 2.24) is 10.2 Å². The van der Waals surface area contributed by atoms with Crippen LogP contribution in [0.5, 0.6) is 0 Å². The Morgan fingerprint density at radius 3 is 2.88 bits per heavy atom. The first-order valence-electron chi connectivity index (χ1n) is 7.45. The first-order valence-corrected chi connectivity index (χ1v) is 7.45. The van der Waals surface area contributed by atoms with Crippen LogP contribution in [-0.4, -0.2) is 47.8 Å². The molecule has 3 heteroatoms. The van der Waals surface area contributed by atoms with E-state index < -0.39 is 0 Å². The van der Waals surface area contributed by atoms with Crippen LogP contribution in [0.2, 0.25) is 0 Å². The van der Waals surface area contributed by atoms with E-state index in [1.54, 1.807) is 0 Å². The minimum atomic E-state index is -0.309. The predicted molar refractivity (Wildman–Crippen MR) is 69.0 cm³/mol. The average molecular weight is 238 g/mol. The minimum Gasteiger partial charge on any atom is -0.390 e. The van der Waals surface area contributed by atoms with Gasteiger partial charge in [0.1, 0.15) is 0 Å². The van der Waals surface area contributed by atoms with Gasteiger partial charge < -0.3 is 10.4 Å². The van der Waals surface area contributed by atoms with Gasteiger partial charge in [-0.05, 0) is 38.6 Å².